The van der Waals surface area contributed by atoms with Crippen molar-refractivity contribution >= 4 is 5.78 Å². The Morgan fingerprint density at radius 1 is 1.00 bits per heavy atom. The number of hydrogen-bond acceptors (Lipinski definition) is 5. The van der Waals surface area contributed by atoms with E-state index in [0.29, 0.717) is 36.0 Å². The average molecular weight is 328 g/mol. The number of ether oxygens (including phenoxy) is 4. The third kappa shape index (κ3) is 2.89. The molecule has 3 rings (SSSR count). The summed E-state index contributed by atoms with van der Waals surface area (Å²) in [5, 5.41) is 0. The van der Waals surface area contributed by atoms with Gasteiger partial charge in [0.2, 0.25) is 5.78 Å². The number of hydrogen-bond donors (Lipinski definition) is 0. The maximum absolute atomic E-state index is 12.8. The van der Waals surface area contributed by atoms with Crippen molar-refractivity contribution in [2.24, 2.45) is 0 Å². The highest BCUT2D eigenvalue weighted by molar-refractivity contribution is 6.07. The van der Waals surface area contributed by atoms with Gasteiger partial charge in [-0.05, 0) is 26.0 Å². The zero-order chi connectivity index (χ0) is 17.1. The number of fused-ring (bicyclic) bond motifs is 1. The van der Waals surface area contributed by atoms with E-state index in [4.69, 9.17) is 18.9 Å². The normalized spacial score (nSPS) is 15.6. The number of carbonyl (C=O) groups excluding carboxylic acids is 1. The lowest BCUT2D eigenvalue weighted by molar-refractivity contribution is 0.0856. The molecule has 0 amide bonds. The monoisotopic (exact) mass is 328 g/mol. The van der Waals surface area contributed by atoms with Gasteiger partial charge < -0.3 is 18.9 Å². The highest BCUT2D eigenvalue weighted by atomic mass is 16.5. The summed E-state index contributed by atoms with van der Waals surface area (Å²) in [5.41, 5.74) is 1.25. The van der Waals surface area contributed by atoms with E-state index in [-0.39, 0.29) is 5.78 Å². The van der Waals surface area contributed by atoms with Crippen molar-refractivity contribution in [2.75, 3.05) is 20.3 Å². The quantitative estimate of drug-likeness (QED) is 0.807. The summed E-state index contributed by atoms with van der Waals surface area (Å²) in [6.45, 7) is 4.77. The van der Waals surface area contributed by atoms with Gasteiger partial charge in [0.05, 0.1) is 20.3 Å². The molecule has 1 unspecified atom stereocenters. The van der Waals surface area contributed by atoms with Gasteiger partial charge in [-0.25, -0.2) is 0 Å². The molecule has 0 fully saturated rings. The van der Waals surface area contributed by atoms with Crippen LogP contribution in [0.2, 0.25) is 0 Å². The second-order valence-electron chi connectivity index (χ2n) is 5.30. The number of carbonyl (C=O) groups is 1. The van der Waals surface area contributed by atoms with Crippen LogP contribution in [0.4, 0.5) is 0 Å². The summed E-state index contributed by atoms with van der Waals surface area (Å²) in [7, 11) is 1.60. The van der Waals surface area contributed by atoms with Crippen LogP contribution in [-0.4, -0.2) is 26.1 Å². The van der Waals surface area contributed by atoms with E-state index >= 15 is 0 Å². The summed E-state index contributed by atoms with van der Waals surface area (Å²) >= 11 is 0. The lowest BCUT2D eigenvalue weighted by atomic mass is 10.0. The number of rotatable bonds is 6. The Hall–Kier alpha value is -2.69. The van der Waals surface area contributed by atoms with E-state index in [2.05, 4.69) is 0 Å². The predicted molar refractivity (Wildman–Crippen MR) is 89.5 cm³/mol. The number of benzene rings is 2. The molecule has 0 aliphatic carbocycles. The Morgan fingerprint density at radius 2 is 1.71 bits per heavy atom. The van der Waals surface area contributed by atoms with Crippen LogP contribution in [0, 0.1) is 0 Å². The fourth-order valence-electron chi connectivity index (χ4n) is 2.73. The Bertz CT molecular complexity index is 736. The Kier molecular flexibility index (Phi) is 4.60. The molecule has 0 saturated carbocycles. The van der Waals surface area contributed by atoms with Gasteiger partial charge in [0.15, 0.2) is 6.10 Å². The third-order valence-corrected chi connectivity index (χ3v) is 3.80. The standard InChI is InChI=1S/C19H20O5/c1-4-22-14-10-15(23-5-2)17-16(11-14)24-19(18(17)20)12-6-8-13(21-3)9-7-12/h6-11,19H,4-5H2,1-3H3. The van der Waals surface area contributed by atoms with E-state index < -0.39 is 6.10 Å². The van der Waals surface area contributed by atoms with Gasteiger partial charge in [-0.1, -0.05) is 12.1 Å². The molecule has 0 spiro atoms. The van der Waals surface area contributed by atoms with Crippen LogP contribution in [0.3, 0.4) is 0 Å². The summed E-state index contributed by atoms with van der Waals surface area (Å²) in [5.74, 6) is 2.24. The van der Waals surface area contributed by atoms with Crippen molar-refractivity contribution in [3.63, 3.8) is 0 Å². The molecule has 5 heteroatoms. The Labute approximate surface area is 141 Å². The molecule has 1 aliphatic rings. The van der Waals surface area contributed by atoms with Crippen molar-refractivity contribution in [1.29, 1.82) is 0 Å². The number of methoxy groups -OCH3 is 1. The smallest absolute Gasteiger partial charge is 0.215 e. The van der Waals surface area contributed by atoms with Gasteiger partial charge in [0.25, 0.3) is 0 Å². The van der Waals surface area contributed by atoms with Gasteiger partial charge >= 0.3 is 0 Å². The molecule has 0 N–H and O–H groups in total. The maximum atomic E-state index is 12.8. The van der Waals surface area contributed by atoms with Gasteiger partial charge in [0, 0.05) is 17.7 Å². The van der Waals surface area contributed by atoms with Crippen molar-refractivity contribution in [2.45, 2.75) is 20.0 Å². The average Bonchev–Trinajstić information content (AvgIpc) is 2.92. The highest BCUT2D eigenvalue weighted by Crippen LogP contribution is 2.44. The Balaban J connectivity index is 1.97. The molecule has 0 aromatic heterocycles. The molecule has 0 radical (unpaired) electrons. The molecular weight excluding hydrogens is 308 g/mol. The molecule has 0 saturated heterocycles. The summed E-state index contributed by atoms with van der Waals surface area (Å²) in [6, 6.07) is 10.8. The van der Waals surface area contributed by atoms with Crippen LogP contribution >= 0.6 is 0 Å². The zero-order valence-electron chi connectivity index (χ0n) is 14.0. The van der Waals surface area contributed by atoms with Gasteiger partial charge in [-0.3, -0.25) is 4.79 Å². The first kappa shape index (κ1) is 16.2. The predicted octanol–water partition coefficient (Wildman–Crippen LogP) is 3.81. The van der Waals surface area contributed by atoms with E-state index in [0.717, 1.165) is 11.3 Å². The van der Waals surface area contributed by atoms with Crippen molar-refractivity contribution in [3.8, 4) is 23.0 Å². The maximum Gasteiger partial charge on any atom is 0.215 e. The Morgan fingerprint density at radius 3 is 2.33 bits per heavy atom. The fourth-order valence-corrected chi connectivity index (χ4v) is 2.73. The molecule has 2 aromatic carbocycles. The minimum Gasteiger partial charge on any atom is -0.497 e. The zero-order valence-corrected chi connectivity index (χ0v) is 14.0. The van der Waals surface area contributed by atoms with Crippen LogP contribution in [0.25, 0.3) is 0 Å². The number of ketones is 1. The first-order chi connectivity index (χ1) is 11.7. The van der Waals surface area contributed by atoms with E-state index in [1.807, 2.05) is 38.1 Å². The first-order valence-corrected chi connectivity index (χ1v) is 7.96. The summed E-state index contributed by atoms with van der Waals surface area (Å²) in [6.07, 6.45) is -0.679. The van der Waals surface area contributed by atoms with Gasteiger partial charge in [-0.15, -0.1) is 0 Å². The first-order valence-electron chi connectivity index (χ1n) is 7.96. The summed E-state index contributed by atoms with van der Waals surface area (Å²) < 4.78 is 22.2. The van der Waals surface area contributed by atoms with E-state index in [1.54, 1.807) is 19.2 Å². The molecule has 2 aromatic rings. The molecule has 1 aliphatic heterocycles. The molecule has 24 heavy (non-hydrogen) atoms. The van der Waals surface area contributed by atoms with E-state index in [1.165, 1.54) is 0 Å². The van der Waals surface area contributed by atoms with Gasteiger partial charge in [0.1, 0.15) is 28.6 Å². The van der Waals surface area contributed by atoms with Gasteiger partial charge in [-0.2, -0.15) is 0 Å². The molecular formula is C19H20O5. The minimum atomic E-state index is -0.679. The topological polar surface area (TPSA) is 54.0 Å². The van der Waals surface area contributed by atoms with Crippen LogP contribution in [-0.2, 0) is 0 Å². The highest BCUT2D eigenvalue weighted by Gasteiger charge is 2.37. The van der Waals surface area contributed by atoms with Crippen LogP contribution in [0.5, 0.6) is 23.0 Å². The lowest BCUT2D eigenvalue weighted by Crippen LogP contribution is -2.11. The van der Waals surface area contributed by atoms with Crippen molar-refractivity contribution in [1.82, 2.24) is 0 Å². The van der Waals surface area contributed by atoms with Crippen LogP contribution < -0.4 is 18.9 Å². The van der Waals surface area contributed by atoms with Crippen LogP contribution in [0.1, 0.15) is 35.9 Å². The molecule has 5 nitrogen and oxygen atoms in total. The van der Waals surface area contributed by atoms with E-state index in [9.17, 15) is 4.79 Å². The lowest BCUT2D eigenvalue weighted by Gasteiger charge is -2.11. The largest absolute Gasteiger partial charge is 0.497 e. The molecule has 1 heterocycles. The number of Topliss-reactive ketones (excluding diaryl/α,β-unsaturated/α-hetero) is 1. The van der Waals surface area contributed by atoms with Crippen molar-refractivity contribution in [3.05, 3.63) is 47.5 Å². The minimum absolute atomic E-state index is 0.110. The molecule has 126 valence electrons. The molecule has 0 bridgehead atoms. The second-order valence-corrected chi connectivity index (χ2v) is 5.30. The molecule has 1 atom stereocenters. The SMILES string of the molecule is CCOc1cc(OCC)c2c(c1)OC(c1ccc(OC)cc1)C2=O. The van der Waals surface area contributed by atoms with Crippen LogP contribution in [0.15, 0.2) is 36.4 Å². The fraction of sp³-hybridized carbons (Fsp3) is 0.316. The van der Waals surface area contributed by atoms with Crippen molar-refractivity contribution < 1.29 is 23.7 Å². The summed E-state index contributed by atoms with van der Waals surface area (Å²) in [4.78, 5) is 12.8. The third-order valence-electron chi connectivity index (χ3n) is 3.80. The second kappa shape index (κ2) is 6.83.